The number of carbonyl (C=O) groups is 11. The molecule has 20 N–H and O–H groups in total. The van der Waals surface area contributed by atoms with E-state index < -0.39 is 78.1 Å². The number of nitrogens with one attached hydrogen (secondary N) is 9. The summed E-state index contributed by atoms with van der Waals surface area (Å²) in [5, 5.41) is 106. The van der Waals surface area contributed by atoms with Crippen LogP contribution in [0.4, 0.5) is 9.59 Å². The number of likely N-dealkylation sites (N-methyl/N-ethyl adjacent to an activating group) is 5. The number of aliphatic hydroxyl groups excluding tert-OH is 5. The van der Waals surface area contributed by atoms with Crippen molar-refractivity contribution in [3.8, 4) is 12.1 Å². The first-order valence-corrected chi connectivity index (χ1v) is 35.5. The fourth-order valence-electron chi connectivity index (χ4n) is 5.76. The monoisotopic (exact) mass is 1640 g/mol. The maximum absolute atomic E-state index is 11.9. The van der Waals surface area contributed by atoms with Crippen molar-refractivity contribution in [3.63, 3.8) is 0 Å². The second kappa shape index (κ2) is 104. The van der Waals surface area contributed by atoms with E-state index in [1.807, 2.05) is 19.9 Å². The molecule has 0 aromatic rings. The number of alkyl carbamates (subject to hydrolysis) is 2. The van der Waals surface area contributed by atoms with E-state index in [1.165, 1.54) is 26.7 Å². The number of amides is 4. The Morgan fingerprint density at radius 3 is 1.11 bits per heavy atom. The first-order chi connectivity index (χ1) is 49.8. The van der Waals surface area contributed by atoms with E-state index >= 15 is 0 Å². The van der Waals surface area contributed by atoms with Gasteiger partial charge in [-0.05, 0) is 115 Å². The van der Waals surface area contributed by atoms with Crippen molar-refractivity contribution < 1.29 is 133 Å². The fourth-order valence-corrected chi connectivity index (χ4v) is 6.21. The SMILES string of the molecule is C.C.C1CCOC1.CC#N.CCC(=O)NC(CNC)C(=O)CCO.CCC(=O)NC(CNC)C(=O)CCOPOCCC#N.CCC(=O)[O-].CNCC(N)C(=O)CCO.CNCC(NC(=O)OC(C)(C)C)C(=O)CCO.CNCC(NC(=O)OC(C)(C)C)C(=O)O.NCCCCO.O=C(O)CO.[CH2-]CC.[CH2-]CC.[Ni+2]. The third-order valence-electron chi connectivity index (χ3n) is 10.5. The van der Waals surface area contributed by atoms with E-state index in [4.69, 9.17) is 85.8 Å². The van der Waals surface area contributed by atoms with E-state index in [0.717, 1.165) is 38.9 Å². The predicted molar refractivity (Wildman–Crippen MR) is 418 cm³/mol. The van der Waals surface area contributed by atoms with Crippen LogP contribution in [0.15, 0.2) is 0 Å². The maximum Gasteiger partial charge on any atom is 2.00 e. The van der Waals surface area contributed by atoms with Crippen LogP contribution in [0.5, 0.6) is 0 Å². The van der Waals surface area contributed by atoms with Crippen molar-refractivity contribution in [2.45, 2.75) is 229 Å². The summed E-state index contributed by atoms with van der Waals surface area (Å²) in [5.41, 5.74) is 9.26. The topological polar surface area (TPSA) is 606 Å². The molecule has 6 atom stereocenters. The van der Waals surface area contributed by atoms with Gasteiger partial charge in [-0.2, -0.15) is 23.4 Å². The molecule has 0 spiro atoms. The minimum atomic E-state index is -1.19. The molecule has 0 saturated carbocycles. The molecule has 0 bridgehead atoms. The number of ether oxygens (including phenoxy) is 3. The van der Waals surface area contributed by atoms with Gasteiger partial charge in [0.15, 0.2) is 32.2 Å². The molecular formula is C70H147N13NiO24P-. The van der Waals surface area contributed by atoms with Crippen LogP contribution in [-0.2, 0) is 82.9 Å². The standard InChI is InChI=1S/C12H22N3O4P.C11H22N2O4.C9H18N2O4.C9H18N2O3.C6H14N2O2.C4H11NO.C4H8O.C3H6O2.2C3H7.C2H3N.C2H4O3.2CH4.Ni/c1-3-12(17)15-10(9-14-2)11(16)5-8-19-20-18-7-4-6-13;1-11(2,3)17-10(16)13-8(7-12-4)9(15)5-6-14;1-9(2,3)15-8(14)11-6(5-10-4)7(12)13;1-3-9(14)11-7(6-10-2)8(13)4-5-12;1-8-4-5(7)6(10)2-3-9;5-3-1-2-4-6;1-2-4-5-3-1;1-2-3(4)5;2*1-3-2;1-2-3;3-1-2(4)5;;;/h10,14,20H,3-5,7-9H2,1-2H3,(H,15,17);8,12,14H,5-7H2,1-4H3,(H,13,16);6,10H,5H2,1-4H3,(H,11,14)(H,12,13);7,10,12H,3-6H2,1-2H3,(H,11,14);5,8-9H,2-4,7H2,1H3;6H,1-5H2;1-4H2;2H2,1H3,(H,4,5);2*1,3H2,2H3;1H3;3H,1H2,(H,4,5);2*1H4;/q;;;;;;;;2*-1;;;;;+2/p-1. The van der Waals surface area contributed by atoms with Crippen LogP contribution >= 0.6 is 9.03 Å². The van der Waals surface area contributed by atoms with Crippen LogP contribution in [0, 0.1) is 36.5 Å². The van der Waals surface area contributed by atoms with E-state index in [1.54, 1.807) is 96.7 Å². The summed E-state index contributed by atoms with van der Waals surface area (Å²) in [6, 6.07) is 0.510. The number of unbranched alkanes of at least 4 members (excludes halogenated alkanes) is 1. The molecule has 1 aliphatic rings. The quantitative estimate of drug-likeness (QED) is 0.0178. The zero-order chi connectivity index (χ0) is 84.8. The number of aliphatic hydroxyl groups is 5. The Bertz CT molecular complexity index is 2190. The van der Waals surface area contributed by atoms with Crippen LogP contribution in [0.1, 0.15) is 188 Å². The summed E-state index contributed by atoms with van der Waals surface area (Å²) in [6.07, 6.45) is 6.57. The summed E-state index contributed by atoms with van der Waals surface area (Å²) < 4.78 is 25.1. The fraction of sp³-hybridized carbons (Fsp3) is 0.786. The zero-order valence-corrected chi connectivity index (χ0v) is 68.7. The molecule has 0 aromatic heterocycles. The van der Waals surface area contributed by atoms with Gasteiger partial charge in [-0.25, -0.2) is 19.2 Å². The molecule has 37 nitrogen and oxygen atoms in total. The molecule has 0 aliphatic carbocycles. The second-order valence-electron chi connectivity index (χ2n) is 22.8. The largest absolute Gasteiger partial charge is 2.00 e. The number of nitriles is 2. The molecule has 109 heavy (non-hydrogen) atoms. The molecular weight excluding hydrogens is 1500 g/mol. The summed E-state index contributed by atoms with van der Waals surface area (Å²) in [5.74, 6) is -4.15. The molecule has 4 amide bonds. The average molecular weight is 1640 g/mol. The van der Waals surface area contributed by atoms with Crippen LogP contribution in [0.25, 0.3) is 0 Å². The van der Waals surface area contributed by atoms with Crippen LogP contribution in [0.3, 0.4) is 0 Å². The van der Waals surface area contributed by atoms with Gasteiger partial charge in [0.25, 0.3) is 0 Å². The number of aliphatic carboxylic acids is 3. The minimum Gasteiger partial charge on any atom is -0.550 e. The first kappa shape index (κ1) is 135. The van der Waals surface area contributed by atoms with Crippen molar-refractivity contribution in [2.24, 2.45) is 11.5 Å². The van der Waals surface area contributed by atoms with E-state index in [-0.39, 0.29) is 147 Å². The molecule has 0 radical (unpaired) electrons. The summed E-state index contributed by atoms with van der Waals surface area (Å²) >= 11 is 0. The first-order valence-electron chi connectivity index (χ1n) is 34.7. The van der Waals surface area contributed by atoms with Crippen molar-refractivity contribution in [2.75, 3.05) is 134 Å². The molecule has 1 heterocycles. The van der Waals surface area contributed by atoms with Gasteiger partial charge < -0.3 is 142 Å². The molecule has 39 heteroatoms. The number of nitrogens with zero attached hydrogens (tertiary/aromatic N) is 2. The van der Waals surface area contributed by atoms with Crippen molar-refractivity contribution in [3.05, 3.63) is 13.8 Å². The number of rotatable bonds is 39. The molecule has 1 aliphatic heterocycles. The number of carboxylic acids is 3. The number of hydrogen-bond donors (Lipinski definition) is 18. The van der Waals surface area contributed by atoms with Gasteiger partial charge >= 0.3 is 40.6 Å². The summed E-state index contributed by atoms with van der Waals surface area (Å²) in [4.78, 5) is 120. The number of nitrogens with two attached hydrogens (primary N) is 2. The molecule has 0 aromatic carbocycles. The van der Waals surface area contributed by atoms with E-state index in [2.05, 4.69) is 61.7 Å². The average Bonchev–Trinajstić information content (AvgIpc) is 1.10. The van der Waals surface area contributed by atoms with Crippen molar-refractivity contribution in [1.29, 1.82) is 10.5 Å². The van der Waals surface area contributed by atoms with E-state index in [0.29, 0.717) is 58.6 Å². The Labute approximate surface area is 663 Å². The van der Waals surface area contributed by atoms with Gasteiger partial charge in [-0.3, -0.25) is 28.8 Å². The van der Waals surface area contributed by atoms with Gasteiger partial charge in [0.2, 0.25) is 11.8 Å². The third-order valence-corrected chi connectivity index (χ3v) is 11.1. The molecule has 1 fully saturated rings. The Balaban J connectivity index is -0.0000000787. The normalized spacial score (nSPS) is 11.5. The van der Waals surface area contributed by atoms with Crippen LogP contribution < -0.4 is 64.4 Å². The molecule has 1 rings (SSSR count). The number of carboxylic acid groups (broad SMARTS) is 3. The van der Waals surface area contributed by atoms with Crippen molar-refractivity contribution >= 4 is 74.1 Å². The Kier molecular flexibility index (Phi) is 129. The van der Waals surface area contributed by atoms with E-state index in [9.17, 15) is 53.1 Å². The van der Waals surface area contributed by atoms with Crippen molar-refractivity contribution in [1.82, 2.24) is 47.9 Å². The molecule has 1 saturated heterocycles. The Morgan fingerprint density at radius 2 is 0.862 bits per heavy atom. The van der Waals surface area contributed by atoms with Crippen LogP contribution in [0.2, 0.25) is 0 Å². The minimum absolute atomic E-state index is 0. The zero-order valence-electron chi connectivity index (χ0n) is 66.7. The van der Waals surface area contributed by atoms with Gasteiger partial charge in [-0.15, -0.1) is 0 Å². The smallest absolute Gasteiger partial charge is 0.550 e. The Morgan fingerprint density at radius 1 is 0.550 bits per heavy atom. The number of hydrogen-bond acceptors (Lipinski definition) is 31. The van der Waals surface area contributed by atoms with Crippen LogP contribution in [-0.4, -0.2) is 276 Å². The Hall–Kier alpha value is -6.13. The summed E-state index contributed by atoms with van der Waals surface area (Å²) in [6.45, 7) is 31.7. The second-order valence-corrected chi connectivity index (χ2v) is 23.6. The molecule has 652 valence electrons. The summed E-state index contributed by atoms with van der Waals surface area (Å²) in [7, 11) is 8.26. The van der Waals surface area contributed by atoms with Gasteiger partial charge in [0, 0.05) is 104 Å². The number of carbonyl (C=O) groups excluding carboxylic acids is 9. The van der Waals surface area contributed by atoms with Gasteiger partial charge in [0.05, 0.1) is 69.7 Å². The number of ketones is 4. The van der Waals surface area contributed by atoms with Gasteiger partial charge in [0.1, 0.15) is 29.9 Å². The number of Topliss-reactive ketones (excluding diaryl/α,β-unsaturated/α-hetero) is 4. The maximum atomic E-state index is 11.9. The van der Waals surface area contributed by atoms with Gasteiger partial charge in [-0.1, -0.05) is 49.5 Å². The molecule has 6 unspecified atom stereocenters. The third kappa shape index (κ3) is 129. The predicted octanol–water partition coefficient (Wildman–Crippen LogP) is 1.27.